The number of fused-ring (bicyclic) bond motifs is 1. The summed E-state index contributed by atoms with van der Waals surface area (Å²) in [6.07, 6.45) is 0. The Morgan fingerprint density at radius 2 is 2.06 bits per heavy atom. The van der Waals surface area contributed by atoms with Crippen molar-refractivity contribution in [3.63, 3.8) is 0 Å². The lowest BCUT2D eigenvalue weighted by atomic mass is 10.0. The molecule has 0 aliphatic heterocycles. The lowest BCUT2D eigenvalue weighted by Gasteiger charge is -2.19. The third kappa shape index (κ3) is 1.99. The Labute approximate surface area is 107 Å². The molecule has 96 valence electrons. The molecule has 0 unspecified atom stereocenters. The molecule has 0 spiro atoms. The first-order chi connectivity index (χ1) is 8.58. The van der Waals surface area contributed by atoms with E-state index in [4.69, 9.17) is 10.5 Å². The molecule has 18 heavy (non-hydrogen) atoms. The van der Waals surface area contributed by atoms with Crippen molar-refractivity contribution in [2.45, 2.75) is 13.5 Å². The summed E-state index contributed by atoms with van der Waals surface area (Å²) in [5, 5.41) is 1.08. The van der Waals surface area contributed by atoms with Gasteiger partial charge in [0.1, 0.15) is 5.75 Å². The number of rotatable bonds is 3. The molecular formula is C14H19N3O. The third-order valence-corrected chi connectivity index (χ3v) is 3.05. The fraction of sp³-hybridized carbons (Fsp3) is 0.357. The van der Waals surface area contributed by atoms with Gasteiger partial charge < -0.3 is 15.4 Å². The summed E-state index contributed by atoms with van der Waals surface area (Å²) in [6, 6.07) is 5.98. The van der Waals surface area contributed by atoms with E-state index in [9.17, 15) is 0 Å². The van der Waals surface area contributed by atoms with Crippen molar-refractivity contribution in [1.29, 1.82) is 0 Å². The Kier molecular flexibility index (Phi) is 3.39. The molecule has 0 bridgehead atoms. The van der Waals surface area contributed by atoms with E-state index in [1.807, 2.05) is 33.2 Å². The van der Waals surface area contributed by atoms with Crippen LogP contribution in [0.2, 0.25) is 0 Å². The molecule has 2 rings (SSSR count). The minimum atomic E-state index is 0.437. The molecule has 0 amide bonds. The molecular weight excluding hydrogens is 226 g/mol. The zero-order valence-corrected chi connectivity index (χ0v) is 11.3. The second-order valence-corrected chi connectivity index (χ2v) is 4.52. The van der Waals surface area contributed by atoms with Crippen molar-refractivity contribution >= 4 is 16.6 Å². The first-order valence-corrected chi connectivity index (χ1v) is 5.93. The van der Waals surface area contributed by atoms with Gasteiger partial charge in [0.15, 0.2) is 0 Å². The van der Waals surface area contributed by atoms with E-state index >= 15 is 0 Å². The maximum Gasteiger partial charge on any atom is 0.124 e. The topological polar surface area (TPSA) is 51.4 Å². The molecule has 1 aromatic carbocycles. The van der Waals surface area contributed by atoms with E-state index in [0.717, 1.165) is 33.6 Å². The number of pyridine rings is 1. The minimum absolute atomic E-state index is 0.437. The van der Waals surface area contributed by atoms with E-state index in [1.54, 1.807) is 7.11 Å². The number of nitrogens with two attached hydrogens (primary N) is 1. The van der Waals surface area contributed by atoms with Gasteiger partial charge in [-0.1, -0.05) is 0 Å². The summed E-state index contributed by atoms with van der Waals surface area (Å²) >= 11 is 0. The number of benzene rings is 1. The highest BCUT2D eigenvalue weighted by molar-refractivity contribution is 5.96. The predicted molar refractivity (Wildman–Crippen MR) is 75.3 cm³/mol. The second-order valence-electron chi connectivity index (χ2n) is 4.52. The van der Waals surface area contributed by atoms with Crippen LogP contribution in [0.4, 0.5) is 5.69 Å². The molecule has 2 aromatic rings. The fourth-order valence-electron chi connectivity index (χ4n) is 2.23. The first kappa shape index (κ1) is 12.6. The van der Waals surface area contributed by atoms with Gasteiger partial charge in [0.25, 0.3) is 0 Å². The Balaban J connectivity index is 2.88. The van der Waals surface area contributed by atoms with Crippen LogP contribution in [-0.2, 0) is 6.54 Å². The summed E-state index contributed by atoms with van der Waals surface area (Å²) in [5.41, 5.74) is 9.96. The van der Waals surface area contributed by atoms with Crippen LogP contribution in [0.1, 0.15) is 11.3 Å². The van der Waals surface area contributed by atoms with Gasteiger partial charge in [0, 0.05) is 43.0 Å². The van der Waals surface area contributed by atoms with Crippen LogP contribution in [0.3, 0.4) is 0 Å². The highest BCUT2D eigenvalue weighted by Crippen LogP contribution is 2.33. The standard InChI is InChI=1S/C14H19N3O/c1-9-7-12(17(2)3)14-10(8-15)13(18-4)6-5-11(14)16-9/h5-7H,8,15H2,1-4H3. The summed E-state index contributed by atoms with van der Waals surface area (Å²) in [4.78, 5) is 6.64. The predicted octanol–water partition coefficient (Wildman–Crippen LogP) is 2.08. The van der Waals surface area contributed by atoms with E-state index < -0.39 is 0 Å². The molecule has 1 heterocycles. The van der Waals surface area contributed by atoms with Crippen LogP contribution in [0.15, 0.2) is 18.2 Å². The molecule has 0 aliphatic rings. The molecule has 0 atom stereocenters. The van der Waals surface area contributed by atoms with E-state index in [1.165, 1.54) is 0 Å². The molecule has 2 N–H and O–H groups in total. The third-order valence-electron chi connectivity index (χ3n) is 3.05. The monoisotopic (exact) mass is 245 g/mol. The Morgan fingerprint density at radius 3 is 2.61 bits per heavy atom. The van der Waals surface area contributed by atoms with Gasteiger partial charge in [-0.25, -0.2) is 0 Å². The van der Waals surface area contributed by atoms with Crippen LogP contribution >= 0.6 is 0 Å². The molecule has 0 aliphatic carbocycles. The van der Waals surface area contributed by atoms with E-state index in [2.05, 4.69) is 16.0 Å². The zero-order chi connectivity index (χ0) is 13.3. The lowest BCUT2D eigenvalue weighted by Crippen LogP contribution is -2.12. The first-order valence-electron chi connectivity index (χ1n) is 5.93. The van der Waals surface area contributed by atoms with Gasteiger partial charge in [-0.3, -0.25) is 4.98 Å². The molecule has 0 saturated carbocycles. The van der Waals surface area contributed by atoms with Gasteiger partial charge in [-0.2, -0.15) is 0 Å². The summed E-state index contributed by atoms with van der Waals surface area (Å²) in [6.45, 7) is 2.44. The average molecular weight is 245 g/mol. The SMILES string of the molecule is COc1ccc2nc(C)cc(N(C)C)c2c1CN. The lowest BCUT2D eigenvalue weighted by molar-refractivity contribution is 0.410. The van der Waals surface area contributed by atoms with E-state index in [-0.39, 0.29) is 0 Å². The maximum absolute atomic E-state index is 5.87. The van der Waals surface area contributed by atoms with Gasteiger partial charge in [-0.05, 0) is 25.1 Å². The smallest absolute Gasteiger partial charge is 0.124 e. The minimum Gasteiger partial charge on any atom is -0.496 e. The highest BCUT2D eigenvalue weighted by atomic mass is 16.5. The number of methoxy groups -OCH3 is 1. The quantitative estimate of drug-likeness (QED) is 0.899. The van der Waals surface area contributed by atoms with Crippen LogP contribution < -0.4 is 15.4 Å². The molecule has 0 radical (unpaired) electrons. The molecule has 0 saturated heterocycles. The van der Waals surface area contributed by atoms with Crippen LogP contribution in [-0.4, -0.2) is 26.2 Å². The largest absolute Gasteiger partial charge is 0.496 e. The summed E-state index contributed by atoms with van der Waals surface area (Å²) < 4.78 is 5.38. The second kappa shape index (κ2) is 4.82. The van der Waals surface area contributed by atoms with E-state index in [0.29, 0.717) is 6.54 Å². The zero-order valence-electron chi connectivity index (χ0n) is 11.3. The number of hydrogen-bond donors (Lipinski definition) is 1. The summed E-state index contributed by atoms with van der Waals surface area (Å²) in [7, 11) is 5.71. The van der Waals surface area contributed by atoms with Crippen molar-refractivity contribution < 1.29 is 4.74 Å². The number of aryl methyl sites for hydroxylation is 1. The number of ether oxygens (including phenoxy) is 1. The van der Waals surface area contributed by atoms with Crippen molar-refractivity contribution in [3.05, 3.63) is 29.5 Å². The van der Waals surface area contributed by atoms with Crippen LogP contribution in [0, 0.1) is 6.92 Å². The van der Waals surface area contributed by atoms with Crippen molar-refractivity contribution in [1.82, 2.24) is 4.98 Å². The van der Waals surface area contributed by atoms with Crippen molar-refractivity contribution in [2.75, 3.05) is 26.1 Å². The Hall–Kier alpha value is -1.81. The molecule has 4 nitrogen and oxygen atoms in total. The number of aromatic nitrogens is 1. The van der Waals surface area contributed by atoms with Crippen LogP contribution in [0.25, 0.3) is 10.9 Å². The number of hydrogen-bond acceptors (Lipinski definition) is 4. The molecule has 0 fully saturated rings. The normalized spacial score (nSPS) is 10.7. The van der Waals surface area contributed by atoms with Crippen molar-refractivity contribution in [3.8, 4) is 5.75 Å². The maximum atomic E-state index is 5.87. The number of anilines is 1. The fourth-order valence-corrected chi connectivity index (χ4v) is 2.23. The van der Waals surface area contributed by atoms with Crippen molar-refractivity contribution in [2.24, 2.45) is 5.73 Å². The van der Waals surface area contributed by atoms with Crippen LogP contribution in [0.5, 0.6) is 5.75 Å². The van der Waals surface area contributed by atoms with Gasteiger partial charge in [-0.15, -0.1) is 0 Å². The summed E-state index contributed by atoms with van der Waals surface area (Å²) in [5.74, 6) is 0.818. The van der Waals surface area contributed by atoms with Gasteiger partial charge in [0.2, 0.25) is 0 Å². The number of nitrogens with zero attached hydrogens (tertiary/aromatic N) is 2. The highest BCUT2D eigenvalue weighted by Gasteiger charge is 2.13. The molecule has 4 heteroatoms. The molecule has 1 aromatic heterocycles. The van der Waals surface area contributed by atoms with Gasteiger partial charge >= 0.3 is 0 Å². The van der Waals surface area contributed by atoms with Gasteiger partial charge in [0.05, 0.1) is 12.6 Å². The average Bonchev–Trinajstić information content (AvgIpc) is 2.35. The Bertz CT molecular complexity index is 579. The Morgan fingerprint density at radius 1 is 1.33 bits per heavy atom.